The van der Waals surface area contributed by atoms with Crippen LogP contribution in [0.2, 0.25) is 0 Å². The first-order chi connectivity index (χ1) is 12.0. The van der Waals surface area contributed by atoms with Gasteiger partial charge in [0.1, 0.15) is 5.82 Å². The van der Waals surface area contributed by atoms with E-state index < -0.39 is 0 Å². The summed E-state index contributed by atoms with van der Waals surface area (Å²) in [7, 11) is 0. The van der Waals surface area contributed by atoms with E-state index in [4.69, 9.17) is 0 Å². The van der Waals surface area contributed by atoms with Gasteiger partial charge in [0.25, 0.3) is 0 Å². The minimum atomic E-state index is -0.315. The minimum Gasteiger partial charge on any atom is -0.326 e. The number of carbonyl (C=O) groups is 2. The largest absolute Gasteiger partial charge is 0.326 e. The molecule has 0 spiro atoms. The summed E-state index contributed by atoms with van der Waals surface area (Å²) in [6.45, 7) is 2.69. The summed E-state index contributed by atoms with van der Waals surface area (Å²) in [6, 6.07) is 9.81. The Labute approximate surface area is 145 Å². The lowest BCUT2D eigenvalue weighted by Gasteiger charge is -2.26. The van der Waals surface area contributed by atoms with Gasteiger partial charge in [-0.2, -0.15) is 0 Å². The predicted octanol–water partition coefficient (Wildman–Crippen LogP) is 3.40. The van der Waals surface area contributed by atoms with Crippen LogP contribution in [-0.2, 0) is 22.4 Å². The van der Waals surface area contributed by atoms with Crippen molar-refractivity contribution < 1.29 is 14.0 Å². The summed E-state index contributed by atoms with van der Waals surface area (Å²) < 4.78 is 13.0. The summed E-state index contributed by atoms with van der Waals surface area (Å²) >= 11 is 0. The zero-order valence-corrected chi connectivity index (χ0v) is 14.0. The topological polar surface area (TPSA) is 49.4 Å². The highest BCUT2D eigenvalue weighted by atomic mass is 19.1. The Bertz CT molecular complexity index is 861. The van der Waals surface area contributed by atoms with Crippen LogP contribution in [0.1, 0.15) is 36.0 Å². The third kappa shape index (κ3) is 2.80. The van der Waals surface area contributed by atoms with Crippen LogP contribution >= 0.6 is 0 Å². The number of nitrogens with zero attached hydrogens (tertiary/aromatic N) is 1. The molecule has 128 valence electrons. The van der Waals surface area contributed by atoms with Crippen molar-refractivity contribution in [3.8, 4) is 0 Å². The summed E-state index contributed by atoms with van der Waals surface area (Å²) in [4.78, 5) is 26.6. The van der Waals surface area contributed by atoms with Crippen molar-refractivity contribution in [2.75, 3.05) is 16.8 Å². The van der Waals surface area contributed by atoms with Gasteiger partial charge in [0.05, 0.1) is 18.0 Å². The SMILES string of the molecule is C[C@@H]1C(=O)N2CCCc3cc(NC(=O)Cc4ccc(F)cc4)cc1c32. The third-order valence-electron chi connectivity index (χ3n) is 4.98. The van der Waals surface area contributed by atoms with Gasteiger partial charge in [0.15, 0.2) is 0 Å². The van der Waals surface area contributed by atoms with Crippen LogP contribution in [0.5, 0.6) is 0 Å². The predicted molar refractivity (Wildman–Crippen MR) is 94.3 cm³/mol. The maximum absolute atomic E-state index is 13.0. The molecule has 0 aromatic heterocycles. The second-order valence-corrected chi connectivity index (χ2v) is 6.74. The Morgan fingerprint density at radius 2 is 2.04 bits per heavy atom. The van der Waals surface area contributed by atoms with Crippen molar-refractivity contribution in [2.24, 2.45) is 0 Å². The van der Waals surface area contributed by atoms with Crippen molar-refractivity contribution in [3.63, 3.8) is 0 Å². The molecule has 1 atom stereocenters. The molecule has 0 radical (unpaired) electrons. The van der Waals surface area contributed by atoms with Gasteiger partial charge >= 0.3 is 0 Å². The van der Waals surface area contributed by atoms with Gasteiger partial charge in [-0.25, -0.2) is 4.39 Å². The number of carbonyl (C=O) groups excluding carboxylic acids is 2. The molecule has 0 saturated carbocycles. The minimum absolute atomic E-state index is 0.144. The molecule has 2 aromatic rings. The first-order valence-corrected chi connectivity index (χ1v) is 8.55. The van der Waals surface area contributed by atoms with Gasteiger partial charge in [-0.15, -0.1) is 0 Å². The fourth-order valence-corrected chi connectivity index (χ4v) is 3.76. The van der Waals surface area contributed by atoms with Crippen LogP contribution in [-0.4, -0.2) is 18.4 Å². The maximum Gasteiger partial charge on any atom is 0.234 e. The lowest BCUT2D eigenvalue weighted by molar-refractivity contribution is -0.119. The van der Waals surface area contributed by atoms with E-state index in [0.29, 0.717) is 0 Å². The van der Waals surface area contributed by atoms with Crippen molar-refractivity contribution in [1.82, 2.24) is 0 Å². The Balaban J connectivity index is 1.57. The van der Waals surface area contributed by atoms with Gasteiger partial charge in [-0.05, 0) is 60.7 Å². The lowest BCUT2D eigenvalue weighted by atomic mass is 9.96. The van der Waals surface area contributed by atoms with Crippen molar-refractivity contribution >= 4 is 23.2 Å². The molecule has 1 N–H and O–H groups in total. The molecule has 2 amide bonds. The molecule has 4 rings (SSSR count). The number of hydrogen-bond acceptors (Lipinski definition) is 2. The van der Waals surface area contributed by atoms with E-state index in [1.165, 1.54) is 12.1 Å². The normalized spacial score (nSPS) is 18.2. The zero-order chi connectivity index (χ0) is 17.6. The second-order valence-electron chi connectivity index (χ2n) is 6.74. The first-order valence-electron chi connectivity index (χ1n) is 8.55. The highest BCUT2D eigenvalue weighted by Crippen LogP contribution is 2.44. The molecule has 4 nitrogen and oxygen atoms in total. The van der Waals surface area contributed by atoms with Crippen LogP contribution in [0.15, 0.2) is 36.4 Å². The Morgan fingerprint density at radius 1 is 1.28 bits per heavy atom. The summed E-state index contributed by atoms with van der Waals surface area (Å²) in [6.07, 6.45) is 2.05. The zero-order valence-electron chi connectivity index (χ0n) is 14.0. The molecule has 0 unspecified atom stereocenters. The monoisotopic (exact) mass is 338 g/mol. The van der Waals surface area contributed by atoms with Gasteiger partial charge < -0.3 is 10.2 Å². The smallest absolute Gasteiger partial charge is 0.234 e. The Hall–Kier alpha value is -2.69. The molecule has 2 aliphatic heterocycles. The van der Waals surface area contributed by atoms with E-state index in [1.54, 1.807) is 12.1 Å². The molecule has 0 fully saturated rings. The van der Waals surface area contributed by atoms with E-state index in [0.717, 1.165) is 47.5 Å². The molecular formula is C20H19FN2O2. The molecule has 2 aliphatic rings. The molecule has 0 bridgehead atoms. The molecule has 25 heavy (non-hydrogen) atoms. The molecule has 0 aliphatic carbocycles. The van der Waals surface area contributed by atoms with E-state index in [9.17, 15) is 14.0 Å². The summed E-state index contributed by atoms with van der Waals surface area (Å²) in [5.74, 6) is -0.486. The van der Waals surface area contributed by atoms with E-state index in [-0.39, 0.29) is 30.0 Å². The van der Waals surface area contributed by atoms with Crippen LogP contribution < -0.4 is 10.2 Å². The maximum atomic E-state index is 13.0. The Morgan fingerprint density at radius 3 is 2.80 bits per heavy atom. The fourth-order valence-electron chi connectivity index (χ4n) is 3.76. The van der Waals surface area contributed by atoms with E-state index >= 15 is 0 Å². The van der Waals surface area contributed by atoms with Crippen molar-refractivity contribution in [2.45, 2.75) is 32.1 Å². The summed E-state index contributed by atoms with van der Waals surface area (Å²) in [5, 5.41) is 2.92. The summed E-state index contributed by atoms with van der Waals surface area (Å²) in [5.41, 5.74) is 4.65. The van der Waals surface area contributed by atoms with Gasteiger partial charge in [0, 0.05) is 12.2 Å². The quantitative estimate of drug-likeness (QED) is 0.932. The highest BCUT2D eigenvalue weighted by molar-refractivity contribution is 6.06. The third-order valence-corrected chi connectivity index (χ3v) is 4.98. The van der Waals surface area contributed by atoms with Gasteiger partial charge in [0.2, 0.25) is 11.8 Å². The van der Waals surface area contributed by atoms with Crippen molar-refractivity contribution in [3.05, 3.63) is 58.9 Å². The molecule has 2 aromatic carbocycles. The number of nitrogens with one attached hydrogen (secondary N) is 1. The van der Waals surface area contributed by atoms with Crippen LogP contribution in [0.25, 0.3) is 0 Å². The van der Waals surface area contributed by atoms with Crippen LogP contribution in [0, 0.1) is 5.82 Å². The standard InChI is InChI=1S/C20H19FN2O2/c1-12-17-11-16(10-14-3-2-8-23(19(14)17)20(12)25)22-18(24)9-13-4-6-15(21)7-5-13/h4-7,10-12H,2-3,8-9H2,1H3,(H,22,24)/t12-/m0/s1. The lowest BCUT2D eigenvalue weighted by Crippen LogP contribution is -2.32. The molecule has 5 heteroatoms. The average molecular weight is 338 g/mol. The number of rotatable bonds is 3. The highest BCUT2D eigenvalue weighted by Gasteiger charge is 2.37. The number of hydrogen-bond donors (Lipinski definition) is 1. The van der Waals surface area contributed by atoms with Gasteiger partial charge in [-0.3, -0.25) is 9.59 Å². The fraction of sp³-hybridized carbons (Fsp3) is 0.300. The van der Waals surface area contributed by atoms with E-state index in [1.807, 2.05) is 24.0 Å². The van der Waals surface area contributed by atoms with Crippen LogP contribution in [0.3, 0.4) is 0 Å². The number of aryl methyl sites for hydroxylation is 1. The first kappa shape index (κ1) is 15.8. The number of anilines is 2. The number of halogens is 1. The number of amides is 2. The van der Waals surface area contributed by atoms with E-state index in [2.05, 4.69) is 5.32 Å². The second kappa shape index (κ2) is 5.99. The molecule has 2 heterocycles. The number of benzene rings is 2. The molecular weight excluding hydrogens is 319 g/mol. The van der Waals surface area contributed by atoms with Gasteiger partial charge in [-0.1, -0.05) is 12.1 Å². The average Bonchev–Trinajstić information content (AvgIpc) is 2.84. The van der Waals surface area contributed by atoms with Crippen LogP contribution in [0.4, 0.5) is 15.8 Å². The Kier molecular flexibility index (Phi) is 3.79. The molecule has 0 saturated heterocycles. The van der Waals surface area contributed by atoms with Crippen molar-refractivity contribution in [1.29, 1.82) is 0 Å².